The zero-order valence-electron chi connectivity index (χ0n) is 22.7. The first kappa shape index (κ1) is 30.9. The van der Waals surface area contributed by atoms with Crippen LogP contribution < -0.4 is 23.9 Å². The molecule has 4 aromatic rings. The third kappa shape index (κ3) is 7.61. The van der Waals surface area contributed by atoms with E-state index in [2.05, 4.69) is 26.5 Å². The van der Waals surface area contributed by atoms with Crippen LogP contribution in [0.2, 0.25) is 5.02 Å². The minimum absolute atomic E-state index is 0.00477. The number of nitrogens with one attached hydrogen (secondary N) is 1. The van der Waals surface area contributed by atoms with Crippen molar-refractivity contribution in [2.24, 2.45) is 5.10 Å². The Bertz CT molecular complexity index is 1670. The summed E-state index contributed by atoms with van der Waals surface area (Å²) >= 11 is 9.68. The van der Waals surface area contributed by atoms with Crippen molar-refractivity contribution in [2.45, 2.75) is 11.5 Å². The molecule has 0 atom stereocenters. The summed E-state index contributed by atoms with van der Waals surface area (Å²) in [7, 11) is -1.26. The quantitative estimate of drug-likeness (QED) is 0.145. The van der Waals surface area contributed by atoms with Crippen molar-refractivity contribution in [3.63, 3.8) is 0 Å². The van der Waals surface area contributed by atoms with Crippen molar-refractivity contribution in [1.29, 1.82) is 0 Å². The number of ether oxygens (including phenoxy) is 3. The molecule has 0 saturated carbocycles. The maximum Gasteiger partial charge on any atom is 0.264 e. The number of nitrogens with zero attached hydrogens (tertiary/aromatic N) is 2. The highest BCUT2D eigenvalue weighted by atomic mass is 79.9. The Morgan fingerprint density at radius 1 is 0.952 bits per heavy atom. The lowest BCUT2D eigenvalue weighted by Crippen LogP contribution is -2.39. The Kier molecular flexibility index (Phi) is 10.5. The average Bonchev–Trinajstić information content (AvgIpc) is 3.00. The van der Waals surface area contributed by atoms with Gasteiger partial charge in [0, 0.05) is 5.02 Å². The summed E-state index contributed by atoms with van der Waals surface area (Å²) in [5.41, 5.74) is 4.09. The van der Waals surface area contributed by atoms with Crippen LogP contribution in [-0.4, -0.2) is 41.3 Å². The number of hydrogen-bond acceptors (Lipinski definition) is 7. The van der Waals surface area contributed by atoms with Crippen molar-refractivity contribution in [2.75, 3.05) is 25.1 Å². The minimum atomic E-state index is -4.18. The molecule has 0 heterocycles. The maximum atomic E-state index is 13.6. The zero-order valence-corrected chi connectivity index (χ0v) is 25.8. The van der Waals surface area contributed by atoms with Gasteiger partial charge in [0.1, 0.15) is 18.9 Å². The van der Waals surface area contributed by atoms with Gasteiger partial charge in [-0.25, -0.2) is 13.8 Å². The van der Waals surface area contributed by atoms with Gasteiger partial charge >= 0.3 is 0 Å². The highest BCUT2D eigenvalue weighted by Gasteiger charge is 2.29. The molecule has 0 aliphatic rings. The molecule has 0 bridgehead atoms. The van der Waals surface area contributed by atoms with E-state index in [9.17, 15) is 13.2 Å². The summed E-state index contributed by atoms with van der Waals surface area (Å²) in [5, 5.41) is 4.29. The Morgan fingerprint density at radius 3 is 2.29 bits per heavy atom. The van der Waals surface area contributed by atoms with Crippen molar-refractivity contribution >= 4 is 55.4 Å². The molecule has 218 valence electrons. The molecule has 4 rings (SSSR count). The number of anilines is 1. The summed E-state index contributed by atoms with van der Waals surface area (Å²) in [5.74, 6) is 0.504. The predicted molar refractivity (Wildman–Crippen MR) is 166 cm³/mol. The molecular formula is C30H27BrClN3O6S. The van der Waals surface area contributed by atoms with E-state index in [1.807, 2.05) is 30.3 Å². The number of sulfonamides is 1. The molecular weight excluding hydrogens is 646 g/mol. The molecule has 4 aromatic carbocycles. The van der Waals surface area contributed by atoms with Crippen LogP contribution in [0.15, 0.2) is 105 Å². The lowest BCUT2D eigenvalue weighted by molar-refractivity contribution is -0.119. The van der Waals surface area contributed by atoms with Crippen molar-refractivity contribution < 1.29 is 27.4 Å². The van der Waals surface area contributed by atoms with Gasteiger partial charge in [-0.1, -0.05) is 60.1 Å². The fraction of sp³-hybridized carbons (Fsp3) is 0.133. The summed E-state index contributed by atoms with van der Waals surface area (Å²) in [4.78, 5) is 13.0. The monoisotopic (exact) mass is 671 g/mol. The zero-order chi connectivity index (χ0) is 30.1. The van der Waals surface area contributed by atoms with Crippen LogP contribution in [0.4, 0.5) is 5.69 Å². The second-order valence-electron chi connectivity index (χ2n) is 8.74. The second-order valence-corrected chi connectivity index (χ2v) is 11.9. The van der Waals surface area contributed by atoms with Gasteiger partial charge in [0.25, 0.3) is 15.9 Å². The number of benzene rings is 4. The number of hydrogen-bond donors (Lipinski definition) is 1. The molecule has 0 aliphatic carbocycles. The van der Waals surface area contributed by atoms with Crippen LogP contribution in [0.25, 0.3) is 0 Å². The number of methoxy groups -OCH3 is 2. The largest absolute Gasteiger partial charge is 0.495 e. The van der Waals surface area contributed by atoms with Gasteiger partial charge in [-0.05, 0) is 69.5 Å². The molecule has 0 aliphatic heterocycles. The third-order valence-corrected chi connectivity index (χ3v) is 8.51. The maximum absolute atomic E-state index is 13.6. The number of hydrazone groups is 1. The number of halogens is 2. The van der Waals surface area contributed by atoms with Crippen molar-refractivity contribution in [3.05, 3.63) is 112 Å². The molecule has 9 nitrogen and oxygen atoms in total. The molecule has 12 heteroatoms. The first-order valence-corrected chi connectivity index (χ1v) is 15.1. The van der Waals surface area contributed by atoms with Gasteiger partial charge in [-0.3, -0.25) is 9.10 Å². The van der Waals surface area contributed by atoms with Crippen LogP contribution in [0.1, 0.15) is 11.1 Å². The number of carbonyl (C=O) groups excluding carboxylic acids is 1. The molecule has 1 amide bonds. The summed E-state index contributed by atoms with van der Waals surface area (Å²) in [6.45, 7) is -0.246. The van der Waals surface area contributed by atoms with E-state index in [1.54, 1.807) is 36.4 Å². The second kappa shape index (κ2) is 14.2. The van der Waals surface area contributed by atoms with E-state index in [-0.39, 0.29) is 21.4 Å². The van der Waals surface area contributed by atoms with Gasteiger partial charge in [-0.15, -0.1) is 0 Å². The fourth-order valence-electron chi connectivity index (χ4n) is 3.91. The van der Waals surface area contributed by atoms with Crippen LogP contribution in [0.3, 0.4) is 0 Å². The van der Waals surface area contributed by atoms with Crippen LogP contribution in [0.5, 0.6) is 17.2 Å². The van der Waals surface area contributed by atoms with Crippen LogP contribution in [-0.2, 0) is 21.4 Å². The Morgan fingerprint density at radius 2 is 1.62 bits per heavy atom. The van der Waals surface area contributed by atoms with E-state index in [0.29, 0.717) is 28.1 Å². The van der Waals surface area contributed by atoms with E-state index < -0.39 is 22.5 Å². The number of carbonyl (C=O) groups is 1. The lowest BCUT2D eigenvalue weighted by Gasteiger charge is -2.25. The molecule has 0 radical (unpaired) electrons. The van der Waals surface area contributed by atoms with Crippen LogP contribution >= 0.6 is 27.5 Å². The standard InChI is InChI=1S/C30H27BrClN3O6S/c1-39-27-14-13-23(32)17-26(27)35(42(37,38)24-11-7-4-8-12-24)19-29(36)34-33-18-22-15-25(31)30(28(16-22)40-2)41-20-21-9-5-3-6-10-21/h3-18H,19-20H2,1-2H3,(H,34,36)/b33-18-. The average molecular weight is 673 g/mol. The van der Waals surface area contributed by atoms with Crippen molar-refractivity contribution in [1.82, 2.24) is 5.43 Å². The molecule has 0 spiro atoms. The highest BCUT2D eigenvalue weighted by Crippen LogP contribution is 2.37. The molecule has 42 heavy (non-hydrogen) atoms. The third-order valence-electron chi connectivity index (χ3n) is 5.91. The molecule has 0 saturated heterocycles. The van der Waals surface area contributed by atoms with E-state index in [4.69, 9.17) is 25.8 Å². The van der Waals surface area contributed by atoms with Gasteiger partial charge in [-0.2, -0.15) is 5.10 Å². The summed E-state index contributed by atoms with van der Waals surface area (Å²) < 4.78 is 45.6. The minimum Gasteiger partial charge on any atom is -0.495 e. The number of rotatable bonds is 12. The van der Waals surface area contributed by atoms with Gasteiger partial charge in [0.15, 0.2) is 11.5 Å². The lowest BCUT2D eigenvalue weighted by atomic mass is 10.2. The SMILES string of the molecule is COc1ccc(Cl)cc1N(CC(=O)N/N=C\c1cc(Br)c(OCc2ccccc2)c(OC)c1)S(=O)(=O)c1ccccc1. The van der Waals surface area contributed by atoms with Gasteiger partial charge in [0.2, 0.25) is 0 Å². The van der Waals surface area contributed by atoms with Crippen LogP contribution in [0, 0.1) is 0 Å². The van der Waals surface area contributed by atoms with Gasteiger partial charge < -0.3 is 14.2 Å². The molecule has 1 N–H and O–H groups in total. The first-order chi connectivity index (χ1) is 20.2. The summed E-state index contributed by atoms with van der Waals surface area (Å²) in [6, 6.07) is 25.4. The molecule has 0 unspecified atom stereocenters. The fourth-order valence-corrected chi connectivity index (χ4v) is 6.09. The van der Waals surface area contributed by atoms with Crippen molar-refractivity contribution in [3.8, 4) is 17.2 Å². The topological polar surface area (TPSA) is 107 Å². The predicted octanol–water partition coefficient (Wildman–Crippen LogP) is 6.04. The highest BCUT2D eigenvalue weighted by molar-refractivity contribution is 9.10. The normalized spacial score (nSPS) is 11.2. The number of amides is 1. The van der Waals surface area contributed by atoms with E-state index in [0.717, 1.165) is 9.87 Å². The first-order valence-electron chi connectivity index (χ1n) is 12.5. The van der Waals surface area contributed by atoms with E-state index in [1.165, 1.54) is 44.7 Å². The Labute approximate surface area is 257 Å². The van der Waals surface area contributed by atoms with Gasteiger partial charge in [0.05, 0.1) is 35.5 Å². The smallest absolute Gasteiger partial charge is 0.264 e. The van der Waals surface area contributed by atoms with E-state index >= 15 is 0 Å². The molecule has 0 fully saturated rings. The molecule has 0 aromatic heterocycles. The Balaban J connectivity index is 1.53. The summed E-state index contributed by atoms with van der Waals surface area (Å²) in [6.07, 6.45) is 1.40. The Hall–Kier alpha value is -4.06.